The van der Waals surface area contributed by atoms with E-state index in [1.807, 2.05) is 21.1 Å². The Balaban J connectivity index is 4.43. The van der Waals surface area contributed by atoms with Gasteiger partial charge in [-0.1, -0.05) is 122 Å². The van der Waals surface area contributed by atoms with Crippen LogP contribution in [0.25, 0.3) is 0 Å². The number of phosphoric acid groups is 1. The predicted molar refractivity (Wildman–Crippen MR) is 206 cm³/mol. The van der Waals surface area contributed by atoms with E-state index in [4.69, 9.17) is 18.5 Å². The third-order valence-electron chi connectivity index (χ3n) is 8.45. The van der Waals surface area contributed by atoms with Gasteiger partial charge in [0.25, 0.3) is 0 Å². The fourth-order valence-electron chi connectivity index (χ4n) is 5.22. The van der Waals surface area contributed by atoms with Crippen LogP contribution >= 0.6 is 7.82 Å². The molecule has 10 heteroatoms. The van der Waals surface area contributed by atoms with Crippen LogP contribution in [0, 0.1) is 0 Å². The summed E-state index contributed by atoms with van der Waals surface area (Å²) in [6, 6.07) is 0. The first kappa shape index (κ1) is 48.5. The largest absolute Gasteiger partial charge is 0.472 e. The van der Waals surface area contributed by atoms with E-state index in [1.54, 1.807) is 0 Å². The Morgan fingerprint density at radius 1 is 0.600 bits per heavy atom. The molecule has 0 heterocycles. The molecule has 2 atom stereocenters. The molecule has 0 aromatic carbocycles. The second-order valence-electron chi connectivity index (χ2n) is 14.7. The van der Waals surface area contributed by atoms with E-state index in [1.165, 1.54) is 57.8 Å². The van der Waals surface area contributed by atoms with E-state index in [2.05, 4.69) is 38.2 Å². The topological polar surface area (TPSA) is 108 Å². The summed E-state index contributed by atoms with van der Waals surface area (Å²) >= 11 is 0. The molecule has 0 saturated carbocycles. The summed E-state index contributed by atoms with van der Waals surface area (Å²) in [5.41, 5.74) is 0. The van der Waals surface area contributed by atoms with Gasteiger partial charge in [0, 0.05) is 12.8 Å². The molecule has 0 aromatic heterocycles. The molecule has 0 aliphatic rings. The molecule has 0 spiro atoms. The number of nitrogens with zero attached hydrogens (tertiary/aromatic N) is 1. The lowest BCUT2D eigenvalue weighted by atomic mass is 10.1. The molecular weight excluding hydrogens is 653 g/mol. The number of allylic oxidation sites excluding steroid dienone is 4. The standard InChI is InChI=1S/C40H76NO8P/c1-6-8-10-12-14-16-18-19-20-21-23-25-27-29-31-33-40(43)49-38(37-48-50(44,45)47-35-34-41(3,4)5)36-46-39(42)32-30-28-26-24-22-17-15-13-11-9-7-2/h13,15,19-20,38H,6-12,14,16-18,21-37H2,1-5H3/p+1/b15-13+,20-19+/t38-/m1/s1. The smallest absolute Gasteiger partial charge is 0.462 e. The number of esters is 2. The zero-order chi connectivity index (χ0) is 37.2. The number of carbonyl (C=O) groups is 2. The Morgan fingerprint density at radius 2 is 1.04 bits per heavy atom. The maximum atomic E-state index is 12.6. The summed E-state index contributed by atoms with van der Waals surface area (Å²) < 4.78 is 34.2. The van der Waals surface area contributed by atoms with Gasteiger partial charge in [0.15, 0.2) is 6.10 Å². The molecule has 0 aromatic rings. The number of phosphoric ester groups is 1. The van der Waals surface area contributed by atoms with Crippen LogP contribution in [0.15, 0.2) is 24.3 Å². The van der Waals surface area contributed by atoms with Gasteiger partial charge >= 0.3 is 19.8 Å². The normalized spacial score (nSPS) is 14.0. The van der Waals surface area contributed by atoms with E-state index < -0.39 is 26.5 Å². The van der Waals surface area contributed by atoms with Crippen molar-refractivity contribution in [3.63, 3.8) is 0 Å². The molecule has 0 saturated heterocycles. The lowest BCUT2D eigenvalue weighted by Crippen LogP contribution is -2.37. The Labute approximate surface area is 307 Å². The van der Waals surface area contributed by atoms with Gasteiger partial charge in [-0.3, -0.25) is 18.6 Å². The van der Waals surface area contributed by atoms with Gasteiger partial charge in [-0.15, -0.1) is 0 Å². The Bertz CT molecular complexity index is 918. The minimum Gasteiger partial charge on any atom is -0.462 e. The molecule has 0 rings (SSSR count). The fourth-order valence-corrected chi connectivity index (χ4v) is 5.96. The van der Waals surface area contributed by atoms with Crippen LogP contribution in [0.2, 0.25) is 0 Å². The number of carbonyl (C=O) groups excluding carboxylic acids is 2. The van der Waals surface area contributed by atoms with Gasteiger partial charge < -0.3 is 18.9 Å². The third kappa shape index (κ3) is 36.3. The van der Waals surface area contributed by atoms with Crippen molar-refractivity contribution in [2.24, 2.45) is 0 Å². The Kier molecular flexibility index (Phi) is 32.3. The third-order valence-corrected chi connectivity index (χ3v) is 9.44. The summed E-state index contributed by atoms with van der Waals surface area (Å²) in [7, 11) is 1.47. The Hall–Kier alpha value is -1.51. The lowest BCUT2D eigenvalue weighted by molar-refractivity contribution is -0.870. The van der Waals surface area contributed by atoms with E-state index in [0.717, 1.165) is 77.0 Å². The molecule has 0 aliphatic heterocycles. The quantitative estimate of drug-likeness (QED) is 0.0223. The van der Waals surface area contributed by atoms with Crippen LogP contribution in [0.5, 0.6) is 0 Å². The zero-order valence-corrected chi connectivity index (χ0v) is 33.8. The molecule has 294 valence electrons. The van der Waals surface area contributed by atoms with Gasteiger partial charge in [0.05, 0.1) is 27.7 Å². The summed E-state index contributed by atoms with van der Waals surface area (Å²) in [6.07, 6.45) is 33.6. The first-order valence-electron chi connectivity index (χ1n) is 20.1. The van der Waals surface area contributed by atoms with Crippen LogP contribution in [0.1, 0.15) is 168 Å². The highest BCUT2D eigenvalue weighted by molar-refractivity contribution is 7.47. The maximum Gasteiger partial charge on any atom is 0.472 e. The number of hydrogen-bond donors (Lipinski definition) is 1. The number of likely N-dealkylation sites (N-methyl/N-ethyl adjacent to an activating group) is 1. The minimum atomic E-state index is -4.37. The van der Waals surface area contributed by atoms with Gasteiger partial charge in [-0.25, -0.2) is 4.57 Å². The molecular formula is C40H77NO8P+. The van der Waals surface area contributed by atoms with Crippen molar-refractivity contribution in [2.45, 2.75) is 174 Å². The summed E-state index contributed by atoms with van der Waals surface area (Å²) in [5, 5.41) is 0. The minimum absolute atomic E-state index is 0.0296. The number of ether oxygens (including phenoxy) is 2. The fraction of sp³-hybridized carbons (Fsp3) is 0.850. The van der Waals surface area contributed by atoms with Crippen molar-refractivity contribution in [3.05, 3.63) is 24.3 Å². The highest BCUT2D eigenvalue weighted by Gasteiger charge is 2.27. The molecule has 0 fully saturated rings. The number of hydrogen-bond acceptors (Lipinski definition) is 7. The SMILES string of the molecule is CCCC/C=C/CCCCCCCC(=O)OC[C@H](COP(=O)(O)OCC[N+](C)(C)C)OC(=O)CCCCCCC/C=C/CCCCCCCC. The van der Waals surface area contributed by atoms with Gasteiger partial charge in [-0.05, 0) is 57.8 Å². The Morgan fingerprint density at radius 3 is 1.54 bits per heavy atom. The average molecular weight is 731 g/mol. The molecule has 0 amide bonds. The molecule has 0 aliphatic carbocycles. The van der Waals surface area contributed by atoms with Crippen molar-refractivity contribution in [2.75, 3.05) is 47.5 Å². The van der Waals surface area contributed by atoms with E-state index >= 15 is 0 Å². The first-order chi connectivity index (χ1) is 24.0. The molecule has 50 heavy (non-hydrogen) atoms. The average Bonchev–Trinajstić information content (AvgIpc) is 3.06. The highest BCUT2D eigenvalue weighted by Crippen LogP contribution is 2.43. The van der Waals surface area contributed by atoms with Crippen LogP contribution in [0.3, 0.4) is 0 Å². The second-order valence-corrected chi connectivity index (χ2v) is 16.1. The van der Waals surface area contributed by atoms with Crippen LogP contribution in [-0.4, -0.2) is 74.9 Å². The van der Waals surface area contributed by atoms with Crippen LogP contribution < -0.4 is 0 Å². The summed E-state index contributed by atoms with van der Waals surface area (Å²) in [4.78, 5) is 35.2. The molecule has 9 nitrogen and oxygen atoms in total. The van der Waals surface area contributed by atoms with Crippen molar-refractivity contribution in [1.82, 2.24) is 0 Å². The second kappa shape index (κ2) is 33.3. The zero-order valence-electron chi connectivity index (χ0n) is 32.9. The first-order valence-corrected chi connectivity index (χ1v) is 21.6. The monoisotopic (exact) mass is 731 g/mol. The van der Waals surface area contributed by atoms with Gasteiger partial charge in [-0.2, -0.15) is 0 Å². The summed E-state index contributed by atoms with van der Waals surface area (Å²) in [6.45, 7) is 4.35. The van der Waals surface area contributed by atoms with Crippen LogP contribution in [-0.2, 0) is 32.7 Å². The van der Waals surface area contributed by atoms with Gasteiger partial charge in [0.2, 0.25) is 0 Å². The molecule has 0 radical (unpaired) electrons. The van der Waals surface area contributed by atoms with Crippen molar-refractivity contribution < 1.29 is 42.1 Å². The van der Waals surface area contributed by atoms with Crippen LogP contribution in [0.4, 0.5) is 0 Å². The maximum absolute atomic E-state index is 12.6. The van der Waals surface area contributed by atoms with Gasteiger partial charge in [0.1, 0.15) is 19.8 Å². The molecule has 1 unspecified atom stereocenters. The van der Waals surface area contributed by atoms with Crippen molar-refractivity contribution in [3.8, 4) is 0 Å². The number of unbranched alkanes of at least 4 members (excludes halogenated alkanes) is 18. The molecule has 1 N–H and O–H groups in total. The summed E-state index contributed by atoms with van der Waals surface area (Å²) in [5.74, 6) is -0.820. The van der Waals surface area contributed by atoms with E-state index in [-0.39, 0.29) is 32.0 Å². The van der Waals surface area contributed by atoms with Crippen molar-refractivity contribution in [1.29, 1.82) is 0 Å². The highest BCUT2D eigenvalue weighted by atomic mass is 31.2. The number of rotatable bonds is 36. The van der Waals surface area contributed by atoms with E-state index in [0.29, 0.717) is 17.4 Å². The van der Waals surface area contributed by atoms with E-state index in [9.17, 15) is 19.0 Å². The lowest BCUT2D eigenvalue weighted by Gasteiger charge is -2.24. The van der Waals surface area contributed by atoms with Crippen molar-refractivity contribution >= 4 is 19.8 Å². The molecule has 0 bridgehead atoms. The number of quaternary nitrogens is 1. The predicted octanol–water partition coefficient (Wildman–Crippen LogP) is 10.8.